The summed E-state index contributed by atoms with van der Waals surface area (Å²) in [5.74, 6) is 0. The van der Waals surface area contributed by atoms with Gasteiger partial charge in [0.25, 0.3) is 0 Å². The van der Waals surface area contributed by atoms with E-state index in [-0.39, 0.29) is 0 Å². The largest absolute Gasteiger partial charge is 0.301 e. The Labute approximate surface area is 121 Å². The molecule has 0 N–H and O–H groups in total. The van der Waals surface area contributed by atoms with Crippen molar-refractivity contribution < 1.29 is 0 Å². The van der Waals surface area contributed by atoms with Crippen LogP contribution in [0.4, 0.5) is 0 Å². The molecule has 0 fully saturated rings. The van der Waals surface area contributed by atoms with Gasteiger partial charge in [-0.15, -0.1) is 0 Å². The molecule has 2 aromatic carbocycles. The van der Waals surface area contributed by atoms with Crippen LogP contribution < -0.4 is 0 Å². The standard InChI is InChI=1S/C17H11ClN2/c18-16-8-6-13-9-10-20(17(13)19-16)15-7-5-12-3-1-2-4-14(12)11-15/h1-11H. The summed E-state index contributed by atoms with van der Waals surface area (Å²) < 4.78 is 2.06. The molecule has 2 heterocycles. The second kappa shape index (κ2) is 4.36. The van der Waals surface area contributed by atoms with E-state index in [2.05, 4.69) is 45.9 Å². The molecule has 0 saturated carbocycles. The molecule has 0 amide bonds. The van der Waals surface area contributed by atoms with Crippen molar-refractivity contribution in [2.75, 3.05) is 0 Å². The number of aromatic nitrogens is 2. The summed E-state index contributed by atoms with van der Waals surface area (Å²) in [6.07, 6.45) is 2.03. The van der Waals surface area contributed by atoms with Crippen molar-refractivity contribution in [2.45, 2.75) is 0 Å². The summed E-state index contributed by atoms with van der Waals surface area (Å²) >= 11 is 6.01. The van der Waals surface area contributed by atoms with Gasteiger partial charge in [-0.3, -0.25) is 0 Å². The summed E-state index contributed by atoms with van der Waals surface area (Å²) in [6, 6.07) is 20.6. The summed E-state index contributed by atoms with van der Waals surface area (Å²) in [7, 11) is 0. The average molecular weight is 279 g/mol. The van der Waals surface area contributed by atoms with Gasteiger partial charge in [0.05, 0.1) is 0 Å². The fourth-order valence-corrected chi connectivity index (χ4v) is 2.66. The number of pyridine rings is 1. The zero-order chi connectivity index (χ0) is 13.5. The van der Waals surface area contributed by atoms with Gasteiger partial charge in [-0.05, 0) is 41.1 Å². The smallest absolute Gasteiger partial charge is 0.146 e. The number of benzene rings is 2. The third-order valence-corrected chi connectivity index (χ3v) is 3.72. The van der Waals surface area contributed by atoms with E-state index in [0.29, 0.717) is 5.15 Å². The predicted molar refractivity (Wildman–Crippen MR) is 83.6 cm³/mol. The van der Waals surface area contributed by atoms with Crippen molar-refractivity contribution in [3.8, 4) is 5.69 Å². The average Bonchev–Trinajstić information content (AvgIpc) is 2.89. The summed E-state index contributed by atoms with van der Waals surface area (Å²) in [5, 5.41) is 4.05. The van der Waals surface area contributed by atoms with E-state index in [1.807, 2.05) is 30.5 Å². The monoisotopic (exact) mass is 278 g/mol. The Morgan fingerprint density at radius 2 is 1.60 bits per heavy atom. The molecular formula is C17H11ClN2. The van der Waals surface area contributed by atoms with Crippen molar-refractivity contribution in [1.82, 2.24) is 9.55 Å². The van der Waals surface area contributed by atoms with Gasteiger partial charge in [0.2, 0.25) is 0 Å². The van der Waals surface area contributed by atoms with Crippen LogP contribution >= 0.6 is 11.6 Å². The fraction of sp³-hybridized carbons (Fsp3) is 0. The number of fused-ring (bicyclic) bond motifs is 2. The lowest BCUT2D eigenvalue weighted by atomic mass is 10.1. The van der Waals surface area contributed by atoms with E-state index in [4.69, 9.17) is 11.6 Å². The van der Waals surface area contributed by atoms with Gasteiger partial charge >= 0.3 is 0 Å². The summed E-state index contributed by atoms with van der Waals surface area (Å²) in [5.41, 5.74) is 1.97. The maximum atomic E-state index is 6.01. The van der Waals surface area contributed by atoms with E-state index in [9.17, 15) is 0 Å². The highest BCUT2D eigenvalue weighted by Crippen LogP contribution is 2.23. The molecule has 0 spiro atoms. The Balaban J connectivity index is 1.98. The topological polar surface area (TPSA) is 17.8 Å². The first-order valence-electron chi connectivity index (χ1n) is 6.44. The molecule has 0 aliphatic carbocycles. The molecular weight excluding hydrogens is 268 g/mol. The summed E-state index contributed by atoms with van der Waals surface area (Å²) in [6.45, 7) is 0. The van der Waals surface area contributed by atoms with Crippen LogP contribution in [0.1, 0.15) is 0 Å². The first kappa shape index (κ1) is 11.5. The van der Waals surface area contributed by atoms with Gasteiger partial charge in [0.1, 0.15) is 10.8 Å². The molecule has 0 unspecified atom stereocenters. The number of rotatable bonds is 1. The van der Waals surface area contributed by atoms with Gasteiger partial charge in [-0.25, -0.2) is 4.98 Å². The molecule has 0 atom stereocenters. The van der Waals surface area contributed by atoms with Crippen molar-refractivity contribution in [3.05, 3.63) is 72.0 Å². The first-order valence-corrected chi connectivity index (χ1v) is 6.82. The number of hydrogen-bond acceptors (Lipinski definition) is 1. The molecule has 0 radical (unpaired) electrons. The van der Waals surface area contributed by atoms with Crippen LogP contribution in [0.5, 0.6) is 0 Å². The molecule has 0 aliphatic heterocycles. The molecule has 0 bridgehead atoms. The number of nitrogens with zero attached hydrogens (tertiary/aromatic N) is 2. The van der Waals surface area contributed by atoms with Gasteiger partial charge < -0.3 is 4.57 Å². The van der Waals surface area contributed by atoms with Gasteiger partial charge in [-0.2, -0.15) is 0 Å². The number of halogens is 1. The van der Waals surface area contributed by atoms with Crippen LogP contribution in [-0.2, 0) is 0 Å². The highest BCUT2D eigenvalue weighted by Gasteiger charge is 2.05. The molecule has 20 heavy (non-hydrogen) atoms. The molecule has 4 rings (SSSR count). The maximum Gasteiger partial charge on any atom is 0.146 e. The van der Waals surface area contributed by atoms with E-state index in [1.54, 1.807) is 0 Å². The second-order valence-electron chi connectivity index (χ2n) is 4.76. The molecule has 2 aromatic heterocycles. The Morgan fingerprint density at radius 3 is 2.50 bits per heavy atom. The van der Waals surface area contributed by atoms with Crippen LogP contribution in [0, 0.1) is 0 Å². The molecule has 3 heteroatoms. The molecule has 0 aliphatic rings. The molecule has 0 saturated heterocycles. The fourth-order valence-electron chi connectivity index (χ4n) is 2.52. The normalized spacial score (nSPS) is 11.2. The highest BCUT2D eigenvalue weighted by atomic mass is 35.5. The van der Waals surface area contributed by atoms with Crippen molar-refractivity contribution in [1.29, 1.82) is 0 Å². The third kappa shape index (κ3) is 1.77. The van der Waals surface area contributed by atoms with E-state index in [0.717, 1.165) is 16.7 Å². The first-order chi connectivity index (χ1) is 9.81. The highest BCUT2D eigenvalue weighted by molar-refractivity contribution is 6.29. The minimum absolute atomic E-state index is 0.512. The SMILES string of the molecule is Clc1ccc2ccn(-c3ccc4ccccc4c3)c2n1. The Kier molecular flexibility index (Phi) is 2.51. The third-order valence-electron chi connectivity index (χ3n) is 3.51. The quantitative estimate of drug-likeness (QED) is 0.456. The predicted octanol–water partition coefficient (Wildman–Crippen LogP) is 4.83. The minimum atomic E-state index is 0.512. The van der Waals surface area contributed by atoms with Crippen LogP contribution in [-0.4, -0.2) is 9.55 Å². The van der Waals surface area contributed by atoms with Crippen molar-refractivity contribution >= 4 is 33.4 Å². The summed E-state index contributed by atoms with van der Waals surface area (Å²) in [4.78, 5) is 4.42. The zero-order valence-corrected chi connectivity index (χ0v) is 11.4. The molecule has 2 nitrogen and oxygen atoms in total. The lowest BCUT2D eigenvalue weighted by Crippen LogP contribution is -1.93. The minimum Gasteiger partial charge on any atom is -0.301 e. The van der Waals surface area contributed by atoms with Gasteiger partial charge in [-0.1, -0.05) is 41.9 Å². The van der Waals surface area contributed by atoms with Crippen LogP contribution in [0.3, 0.4) is 0 Å². The van der Waals surface area contributed by atoms with Crippen molar-refractivity contribution in [2.24, 2.45) is 0 Å². The maximum absolute atomic E-state index is 6.01. The molecule has 4 aromatic rings. The lowest BCUT2D eigenvalue weighted by Gasteiger charge is -2.06. The van der Waals surface area contributed by atoms with E-state index in [1.165, 1.54) is 10.8 Å². The van der Waals surface area contributed by atoms with E-state index >= 15 is 0 Å². The Morgan fingerprint density at radius 1 is 0.800 bits per heavy atom. The second-order valence-corrected chi connectivity index (χ2v) is 5.15. The Hall–Kier alpha value is -2.32. The van der Waals surface area contributed by atoms with Gasteiger partial charge in [0.15, 0.2) is 0 Å². The van der Waals surface area contributed by atoms with Crippen LogP contribution in [0.2, 0.25) is 5.15 Å². The Bertz CT molecular complexity index is 924. The number of hydrogen-bond donors (Lipinski definition) is 0. The van der Waals surface area contributed by atoms with Crippen LogP contribution in [0.25, 0.3) is 27.5 Å². The van der Waals surface area contributed by atoms with Crippen LogP contribution in [0.15, 0.2) is 66.9 Å². The zero-order valence-electron chi connectivity index (χ0n) is 10.6. The van der Waals surface area contributed by atoms with Crippen molar-refractivity contribution in [3.63, 3.8) is 0 Å². The van der Waals surface area contributed by atoms with Gasteiger partial charge in [0, 0.05) is 17.3 Å². The lowest BCUT2D eigenvalue weighted by molar-refractivity contribution is 1.10. The molecule has 96 valence electrons. The van der Waals surface area contributed by atoms with E-state index < -0.39 is 0 Å².